The van der Waals surface area contributed by atoms with Gasteiger partial charge in [-0.3, -0.25) is 0 Å². The molecule has 4 heteroatoms. The largest absolute Gasteiger partial charge is 0.416 e. The van der Waals surface area contributed by atoms with Gasteiger partial charge < -0.3 is 5.32 Å². The Labute approximate surface area is 99.0 Å². The highest BCUT2D eigenvalue weighted by Gasteiger charge is 2.37. The number of hydrogen-bond acceptors (Lipinski definition) is 1. The van der Waals surface area contributed by atoms with E-state index in [1.165, 1.54) is 25.0 Å². The molecular weight excluding hydrogens is 227 g/mol. The van der Waals surface area contributed by atoms with E-state index < -0.39 is 11.7 Å². The van der Waals surface area contributed by atoms with Gasteiger partial charge in [0.2, 0.25) is 0 Å². The molecule has 1 aliphatic carbocycles. The van der Waals surface area contributed by atoms with E-state index >= 15 is 0 Å². The Morgan fingerprint density at radius 3 is 2.47 bits per heavy atom. The first kappa shape index (κ1) is 12.4. The van der Waals surface area contributed by atoms with Crippen molar-refractivity contribution >= 4 is 0 Å². The molecule has 1 fully saturated rings. The maximum Gasteiger partial charge on any atom is 0.416 e. The number of alkyl halides is 3. The molecule has 94 valence electrons. The molecule has 1 aliphatic rings. The zero-order valence-corrected chi connectivity index (χ0v) is 9.77. The Balaban J connectivity index is 2.00. The van der Waals surface area contributed by atoms with Crippen LogP contribution in [0.3, 0.4) is 0 Å². The number of benzene rings is 1. The molecule has 1 aromatic carbocycles. The highest BCUT2D eigenvalue weighted by molar-refractivity contribution is 5.29. The standard InChI is InChI=1S/C13H16F3N/c1-12(6-7-12)9-17-8-10-4-2-3-5-11(10)13(14,15)16/h2-5,17H,6-9H2,1H3. The number of halogens is 3. The molecule has 1 nitrogen and oxygen atoms in total. The van der Waals surface area contributed by atoms with Crippen LogP contribution in [0, 0.1) is 5.41 Å². The van der Waals surface area contributed by atoms with Gasteiger partial charge in [0.25, 0.3) is 0 Å². The fourth-order valence-electron chi connectivity index (χ4n) is 1.84. The average molecular weight is 243 g/mol. The fourth-order valence-corrected chi connectivity index (χ4v) is 1.84. The molecule has 0 aliphatic heterocycles. The van der Waals surface area contributed by atoms with Crippen LogP contribution >= 0.6 is 0 Å². The average Bonchev–Trinajstić information content (AvgIpc) is 2.96. The van der Waals surface area contributed by atoms with Gasteiger partial charge in [-0.2, -0.15) is 13.2 Å². The Morgan fingerprint density at radius 2 is 1.88 bits per heavy atom. The van der Waals surface area contributed by atoms with E-state index in [-0.39, 0.29) is 6.54 Å². The summed E-state index contributed by atoms with van der Waals surface area (Å²) in [7, 11) is 0. The summed E-state index contributed by atoms with van der Waals surface area (Å²) in [4.78, 5) is 0. The summed E-state index contributed by atoms with van der Waals surface area (Å²) in [5.41, 5.74) is 0.102. The summed E-state index contributed by atoms with van der Waals surface area (Å²) in [5.74, 6) is 0. The minimum absolute atomic E-state index is 0.283. The molecule has 0 bridgehead atoms. The first-order valence-electron chi connectivity index (χ1n) is 5.77. The van der Waals surface area contributed by atoms with Crippen molar-refractivity contribution in [1.29, 1.82) is 0 Å². The van der Waals surface area contributed by atoms with Crippen molar-refractivity contribution in [2.45, 2.75) is 32.5 Å². The molecule has 0 spiro atoms. The van der Waals surface area contributed by atoms with Crippen LogP contribution in [-0.2, 0) is 12.7 Å². The van der Waals surface area contributed by atoms with Gasteiger partial charge in [0, 0.05) is 13.1 Å². The van der Waals surface area contributed by atoms with Gasteiger partial charge >= 0.3 is 6.18 Å². The van der Waals surface area contributed by atoms with Crippen LogP contribution in [0.4, 0.5) is 13.2 Å². The first-order valence-corrected chi connectivity index (χ1v) is 5.77. The predicted molar refractivity (Wildman–Crippen MR) is 60.5 cm³/mol. The molecule has 2 rings (SSSR count). The molecule has 1 aromatic rings. The SMILES string of the molecule is CC1(CNCc2ccccc2C(F)(F)F)CC1. The van der Waals surface area contributed by atoms with Gasteiger partial charge in [-0.05, 0) is 29.9 Å². The van der Waals surface area contributed by atoms with Gasteiger partial charge in [0.05, 0.1) is 5.56 Å². The van der Waals surface area contributed by atoms with E-state index in [1.807, 2.05) is 0 Å². The Hall–Kier alpha value is -1.03. The lowest BCUT2D eigenvalue weighted by atomic mass is 10.1. The lowest BCUT2D eigenvalue weighted by Crippen LogP contribution is -2.23. The lowest BCUT2D eigenvalue weighted by Gasteiger charge is -2.14. The second kappa shape index (κ2) is 4.33. The van der Waals surface area contributed by atoms with E-state index in [4.69, 9.17) is 0 Å². The van der Waals surface area contributed by atoms with Gasteiger partial charge in [-0.15, -0.1) is 0 Å². The van der Waals surface area contributed by atoms with E-state index in [2.05, 4.69) is 12.2 Å². The highest BCUT2D eigenvalue weighted by Crippen LogP contribution is 2.44. The quantitative estimate of drug-likeness (QED) is 0.852. The number of hydrogen-bond donors (Lipinski definition) is 1. The Morgan fingerprint density at radius 1 is 1.24 bits per heavy atom. The van der Waals surface area contributed by atoms with Crippen LogP contribution in [-0.4, -0.2) is 6.54 Å². The van der Waals surface area contributed by atoms with E-state index in [0.717, 1.165) is 12.6 Å². The lowest BCUT2D eigenvalue weighted by molar-refractivity contribution is -0.138. The maximum atomic E-state index is 12.7. The molecule has 0 unspecified atom stereocenters. The fraction of sp³-hybridized carbons (Fsp3) is 0.538. The first-order chi connectivity index (χ1) is 7.91. The predicted octanol–water partition coefficient (Wildman–Crippen LogP) is 3.60. The van der Waals surface area contributed by atoms with E-state index in [1.54, 1.807) is 6.07 Å². The summed E-state index contributed by atoms with van der Waals surface area (Å²) < 4.78 is 38.1. The van der Waals surface area contributed by atoms with Crippen molar-refractivity contribution in [1.82, 2.24) is 5.32 Å². The summed E-state index contributed by atoms with van der Waals surface area (Å²) in [5, 5.41) is 3.12. The highest BCUT2D eigenvalue weighted by atomic mass is 19.4. The monoisotopic (exact) mass is 243 g/mol. The van der Waals surface area contributed by atoms with Crippen LogP contribution < -0.4 is 5.32 Å². The zero-order chi connectivity index (χ0) is 12.5. The van der Waals surface area contributed by atoms with Crippen LogP contribution in [0.5, 0.6) is 0 Å². The van der Waals surface area contributed by atoms with Crippen LogP contribution in [0.1, 0.15) is 30.9 Å². The summed E-state index contributed by atoms with van der Waals surface area (Å²) in [6.45, 7) is 3.22. The minimum Gasteiger partial charge on any atom is -0.312 e. The van der Waals surface area contributed by atoms with Gasteiger partial charge in [-0.25, -0.2) is 0 Å². The summed E-state index contributed by atoms with van der Waals surface area (Å²) in [6, 6.07) is 5.74. The normalized spacial score (nSPS) is 18.1. The molecule has 0 heterocycles. The topological polar surface area (TPSA) is 12.0 Å². The number of rotatable bonds is 4. The smallest absolute Gasteiger partial charge is 0.312 e. The van der Waals surface area contributed by atoms with E-state index in [9.17, 15) is 13.2 Å². The van der Waals surface area contributed by atoms with Crippen molar-refractivity contribution in [2.75, 3.05) is 6.54 Å². The number of nitrogens with one attached hydrogen (secondary N) is 1. The molecule has 1 N–H and O–H groups in total. The maximum absolute atomic E-state index is 12.7. The summed E-state index contributed by atoms with van der Waals surface area (Å²) in [6.07, 6.45) is -1.93. The third kappa shape index (κ3) is 3.22. The van der Waals surface area contributed by atoms with Crippen molar-refractivity contribution in [3.8, 4) is 0 Å². The molecule has 0 radical (unpaired) electrons. The van der Waals surface area contributed by atoms with Crippen LogP contribution in [0.15, 0.2) is 24.3 Å². The molecule has 1 saturated carbocycles. The molecule has 0 amide bonds. The molecule has 0 saturated heterocycles. The second-order valence-electron chi connectivity index (χ2n) is 5.07. The van der Waals surface area contributed by atoms with Gasteiger partial charge in [-0.1, -0.05) is 25.1 Å². The molecular formula is C13H16F3N. The van der Waals surface area contributed by atoms with Gasteiger partial charge in [0.15, 0.2) is 0 Å². The van der Waals surface area contributed by atoms with Crippen molar-refractivity contribution < 1.29 is 13.2 Å². The second-order valence-corrected chi connectivity index (χ2v) is 5.07. The minimum atomic E-state index is -4.26. The van der Waals surface area contributed by atoms with E-state index in [0.29, 0.717) is 11.0 Å². The van der Waals surface area contributed by atoms with Crippen molar-refractivity contribution in [3.63, 3.8) is 0 Å². The Kier molecular flexibility index (Phi) is 3.17. The van der Waals surface area contributed by atoms with Crippen molar-refractivity contribution in [2.24, 2.45) is 5.41 Å². The van der Waals surface area contributed by atoms with Crippen LogP contribution in [0.25, 0.3) is 0 Å². The molecule has 0 atom stereocenters. The third-order valence-electron chi connectivity index (χ3n) is 3.29. The summed E-state index contributed by atoms with van der Waals surface area (Å²) >= 11 is 0. The zero-order valence-electron chi connectivity index (χ0n) is 9.77. The Bertz CT molecular complexity index is 394. The van der Waals surface area contributed by atoms with Crippen molar-refractivity contribution in [3.05, 3.63) is 35.4 Å². The third-order valence-corrected chi connectivity index (χ3v) is 3.29. The van der Waals surface area contributed by atoms with Gasteiger partial charge in [0.1, 0.15) is 0 Å². The molecule has 0 aromatic heterocycles. The van der Waals surface area contributed by atoms with Crippen LogP contribution in [0.2, 0.25) is 0 Å². The molecule has 17 heavy (non-hydrogen) atoms.